The Labute approximate surface area is 133 Å². The third-order valence-electron chi connectivity index (χ3n) is 3.87. The van der Waals surface area contributed by atoms with Gasteiger partial charge in [0.05, 0.1) is 17.7 Å². The molecule has 1 aliphatic heterocycles. The van der Waals surface area contributed by atoms with Crippen LogP contribution in [-0.2, 0) is 9.53 Å². The molecule has 1 unspecified atom stereocenters. The van der Waals surface area contributed by atoms with Gasteiger partial charge < -0.3 is 10.1 Å². The van der Waals surface area contributed by atoms with Crippen LogP contribution >= 0.6 is 11.8 Å². The van der Waals surface area contributed by atoms with Gasteiger partial charge in [0.25, 0.3) is 5.91 Å². The van der Waals surface area contributed by atoms with Gasteiger partial charge in [0.15, 0.2) is 5.84 Å². The maximum Gasteiger partial charge on any atom is 0.340 e. The van der Waals surface area contributed by atoms with Crippen LogP contribution in [0.15, 0.2) is 22.2 Å². The van der Waals surface area contributed by atoms with Gasteiger partial charge in [0.1, 0.15) is 11.2 Å². The van der Waals surface area contributed by atoms with Crippen LogP contribution in [0.3, 0.4) is 0 Å². The lowest BCUT2D eigenvalue weighted by atomic mass is 9.89. The molecule has 1 atom stereocenters. The normalized spacial score (nSPS) is 20.8. The Morgan fingerprint density at radius 2 is 2.09 bits per heavy atom. The van der Waals surface area contributed by atoms with E-state index < -0.39 is 11.5 Å². The van der Waals surface area contributed by atoms with Gasteiger partial charge in [0.2, 0.25) is 0 Å². The van der Waals surface area contributed by atoms with Crippen LogP contribution in [0.25, 0.3) is 0 Å². The largest absolute Gasteiger partial charge is 0.465 e. The smallest absolute Gasteiger partial charge is 0.340 e. The van der Waals surface area contributed by atoms with Gasteiger partial charge in [-0.15, -0.1) is 11.8 Å². The predicted octanol–water partition coefficient (Wildman–Crippen LogP) is 1.88. The van der Waals surface area contributed by atoms with Crippen LogP contribution in [0.5, 0.6) is 0 Å². The summed E-state index contributed by atoms with van der Waals surface area (Å²) in [6.07, 6.45) is 1.89. The van der Waals surface area contributed by atoms with Crippen LogP contribution in [0.1, 0.15) is 36.8 Å². The molecule has 0 radical (unpaired) electrons. The summed E-state index contributed by atoms with van der Waals surface area (Å²) in [5.74, 6) is -0.359. The van der Waals surface area contributed by atoms with E-state index in [4.69, 9.17) is 4.74 Å². The fourth-order valence-electron chi connectivity index (χ4n) is 2.06. The number of aromatic nitrogens is 1. The summed E-state index contributed by atoms with van der Waals surface area (Å²) in [6.45, 7) is 5.63. The summed E-state index contributed by atoms with van der Waals surface area (Å²) in [4.78, 5) is 33.1. The second-order valence-corrected chi connectivity index (χ2v) is 6.28. The van der Waals surface area contributed by atoms with Crippen molar-refractivity contribution in [2.45, 2.75) is 31.3 Å². The zero-order valence-corrected chi connectivity index (χ0v) is 14.1. The number of amidine groups is 1. The number of carbonyl (C=O) groups is 2. The fraction of sp³-hybridized carbons (Fsp3) is 0.467. The first-order valence-corrected chi connectivity index (χ1v) is 8.11. The second kappa shape index (κ2) is 6.08. The van der Waals surface area contributed by atoms with Crippen LogP contribution < -0.4 is 5.32 Å². The number of amides is 1. The number of carbonyl (C=O) groups excluding carboxylic acids is 2. The maximum atomic E-state index is 12.3. The Hall–Kier alpha value is -1.89. The second-order valence-electron chi connectivity index (χ2n) is 5.46. The third kappa shape index (κ3) is 2.72. The molecule has 1 amide bonds. The number of esters is 1. The molecule has 0 bridgehead atoms. The number of hydrogen-bond acceptors (Lipinski definition) is 6. The summed E-state index contributed by atoms with van der Waals surface area (Å²) in [6, 6.07) is 3.37. The number of pyridine rings is 1. The van der Waals surface area contributed by atoms with Crippen molar-refractivity contribution >= 4 is 29.5 Å². The highest BCUT2D eigenvalue weighted by Gasteiger charge is 2.43. The molecule has 0 aromatic carbocycles. The summed E-state index contributed by atoms with van der Waals surface area (Å²) < 4.78 is 4.78. The molecule has 0 saturated heterocycles. The predicted molar refractivity (Wildman–Crippen MR) is 85.3 cm³/mol. The van der Waals surface area contributed by atoms with E-state index in [1.165, 1.54) is 18.9 Å². The first kappa shape index (κ1) is 16.5. The van der Waals surface area contributed by atoms with Gasteiger partial charge in [-0.25, -0.2) is 14.8 Å². The Morgan fingerprint density at radius 3 is 2.59 bits per heavy atom. The van der Waals surface area contributed by atoms with Crippen molar-refractivity contribution in [3.63, 3.8) is 0 Å². The quantitative estimate of drug-likeness (QED) is 0.676. The SMILES string of the molecule is COC(=O)c1ccc(SC)nc1C1=NC(C)(C(C)C)C(=O)N1. The van der Waals surface area contributed by atoms with Crippen molar-refractivity contribution in [1.29, 1.82) is 0 Å². The number of thioether (sulfide) groups is 1. The van der Waals surface area contributed by atoms with Crippen molar-refractivity contribution in [1.82, 2.24) is 10.3 Å². The van der Waals surface area contributed by atoms with Gasteiger partial charge in [-0.2, -0.15) is 0 Å². The molecule has 1 aromatic rings. The van der Waals surface area contributed by atoms with E-state index in [0.717, 1.165) is 5.03 Å². The van der Waals surface area contributed by atoms with E-state index in [9.17, 15) is 9.59 Å². The lowest BCUT2D eigenvalue weighted by molar-refractivity contribution is -0.124. The highest BCUT2D eigenvalue weighted by Crippen LogP contribution is 2.28. The van der Waals surface area contributed by atoms with Gasteiger partial charge in [-0.05, 0) is 31.2 Å². The number of rotatable bonds is 4. The van der Waals surface area contributed by atoms with Crippen molar-refractivity contribution < 1.29 is 14.3 Å². The first-order valence-electron chi connectivity index (χ1n) is 6.88. The lowest BCUT2D eigenvalue weighted by Gasteiger charge is -2.21. The topological polar surface area (TPSA) is 80.7 Å². The minimum absolute atomic E-state index is 0.0234. The average Bonchev–Trinajstić information content (AvgIpc) is 2.82. The molecular formula is C15H19N3O3S. The molecule has 118 valence electrons. The van der Waals surface area contributed by atoms with E-state index in [1.54, 1.807) is 19.1 Å². The zero-order chi connectivity index (χ0) is 16.5. The molecule has 0 fully saturated rings. The van der Waals surface area contributed by atoms with Crippen LogP contribution in [-0.4, -0.2) is 41.6 Å². The molecule has 6 nitrogen and oxygen atoms in total. The first-order chi connectivity index (χ1) is 10.3. The highest BCUT2D eigenvalue weighted by molar-refractivity contribution is 7.98. The molecule has 22 heavy (non-hydrogen) atoms. The zero-order valence-electron chi connectivity index (χ0n) is 13.3. The molecule has 2 heterocycles. The van der Waals surface area contributed by atoms with E-state index in [2.05, 4.69) is 15.3 Å². The molecular weight excluding hydrogens is 302 g/mol. The Balaban J connectivity index is 2.56. The molecule has 1 aromatic heterocycles. The maximum absolute atomic E-state index is 12.3. The number of methoxy groups -OCH3 is 1. The molecule has 0 spiro atoms. The Morgan fingerprint density at radius 1 is 1.41 bits per heavy atom. The van der Waals surface area contributed by atoms with Gasteiger partial charge >= 0.3 is 5.97 Å². The number of nitrogens with one attached hydrogen (secondary N) is 1. The number of ether oxygens (including phenoxy) is 1. The fourth-order valence-corrected chi connectivity index (χ4v) is 2.45. The summed E-state index contributed by atoms with van der Waals surface area (Å²) in [5.41, 5.74) is -0.233. The number of nitrogens with zero attached hydrogens (tertiary/aromatic N) is 2. The molecule has 0 aliphatic carbocycles. The average molecular weight is 321 g/mol. The Kier molecular flexibility index (Phi) is 4.55. The van der Waals surface area contributed by atoms with Crippen LogP contribution in [0.4, 0.5) is 0 Å². The number of aliphatic imine (C=N–C) groups is 1. The molecule has 1 N–H and O–H groups in total. The minimum Gasteiger partial charge on any atom is -0.465 e. The Bertz CT molecular complexity index is 657. The van der Waals surface area contributed by atoms with Crippen molar-refractivity contribution in [2.24, 2.45) is 10.9 Å². The van der Waals surface area contributed by atoms with Crippen LogP contribution in [0.2, 0.25) is 0 Å². The standard InChI is InChI=1S/C15H19N3O3S/c1-8(2)15(3)14(20)17-12(18-15)11-9(13(19)21-4)6-7-10(16-11)22-5/h6-8H,1-5H3,(H,17,18,20). The molecule has 2 rings (SSSR count). The molecule has 7 heteroatoms. The van der Waals surface area contributed by atoms with Gasteiger partial charge in [0, 0.05) is 0 Å². The van der Waals surface area contributed by atoms with E-state index in [1.807, 2.05) is 20.1 Å². The summed E-state index contributed by atoms with van der Waals surface area (Å²) >= 11 is 1.45. The van der Waals surface area contributed by atoms with Gasteiger partial charge in [-0.3, -0.25) is 4.79 Å². The van der Waals surface area contributed by atoms with Crippen LogP contribution in [0, 0.1) is 5.92 Å². The van der Waals surface area contributed by atoms with Gasteiger partial charge in [-0.1, -0.05) is 13.8 Å². The monoisotopic (exact) mass is 321 g/mol. The third-order valence-corrected chi connectivity index (χ3v) is 4.51. The number of hydrogen-bond donors (Lipinski definition) is 1. The summed E-state index contributed by atoms with van der Waals surface area (Å²) in [5, 5.41) is 3.48. The lowest BCUT2D eigenvalue weighted by Crippen LogP contribution is -2.41. The summed E-state index contributed by atoms with van der Waals surface area (Å²) in [7, 11) is 1.31. The molecule has 1 aliphatic rings. The van der Waals surface area contributed by atoms with Crippen molar-refractivity contribution in [3.8, 4) is 0 Å². The highest BCUT2D eigenvalue weighted by atomic mass is 32.2. The van der Waals surface area contributed by atoms with E-state index in [0.29, 0.717) is 11.5 Å². The minimum atomic E-state index is -0.861. The van der Waals surface area contributed by atoms with Crippen molar-refractivity contribution in [3.05, 3.63) is 23.4 Å². The molecule has 0 saturated carbocycles. The van der Waals surface area contributed by atoms with E-state index >= 15 is 0 Å². The van der Waals surface area contributed by atoms with Crippen molar-refractivity contribution in [2.75, 3.05) is 13.4 Å². The van der Waals surface area contributed by atoms with E-state index in [-0.39, 0.29) is 17.4 Å².